The second kappa shape index (κ2) is 10.2. The van der Waals surface area contributed by atoms with E-state index in [1.807, 2.05) is 43.5 Å². The van der Waals surface area contributed by atoms with Crippen molar-refractivity contribution in [1.82, 2.24) is 14.5 Å². The molecular formula is C23H21BrN4O4S2. The number of hydrogen-bond donors (Lipinski definition) is 1. The van der Waals surface area contributed by atoms with Crippen molar-refractivity contribution in [2.24, 2.45) is 5.92 Å². The van der Waals surface area contributed by atoms with Crippen LogP contribution in [0.25, 0.3) is 21.3 Å². The number of carbonyl (C=O) groups is 2. The van der Waals surface area contributed by atoms with E-state index in [2.05, 4.69) is 31.2 Å². The van der Waals surface area contributed by atoms with Crippen LogP contribution in [0.2, 0.25) is 0 Å². The lowest BCUT2D eigenvalue weighted by molar-refractivity contribution is -0.116. The van der Waals surface area contributed by atoms with Gasteiger partial charge in [-0.15, -0.1) is 11.3 Å². The number of halogens is 1. The molecule has 3 aromatic heterocycles. The Morgan fingerprint density at radius 1 is 1.24 bits per heavy atom. The number of ether oxygens (including phenoxy) is 1. The highest BCUT2D eigenvalue weighted by Crippen LogP contribution is 2.31. The molecular weight excluding hydrogens is 540 g/mol. The Labute approximate surface area is 211 Å². The highest BCUT2D eigenvalue weighted by molar-refractivity contribution is 9.10. The first-order valence-electron chi connectivity index (χ1n) is 10.4. The van der Waals surface area contributed by atoms with Crippen molar-refractivity contribution in [2.75, 3.05) is 11.9 Å². The monoisotopic (exact) mass is 560 g/mol. The van der Waals surface area contributed by atoms with Gasteiger partial charge in [-0.1, -0.05) is 53.2 Å². The number of nitrogens with zero attached hydrogens (tertiary/aromatic N) is 3. The molecule has 1 amide bonds. The van der Waals surface area contributed by atoms with Crippen LogP contribution in [0.1, 0.15) is 29.2 Å². The largest absolute Gasteiger partial charge is 0.461 e. The highest BCUT2D eigenvalue weighted by atomic mass is 79.9. The molecule has 4 aromatic rings. The summed E-state index contributed by atoms with van der Waals surface area (Å²) in [6.45, 7) is 5.65. The third-order valence-electron chi connectivity index (χ3n) is 4.81. The second-order valence-electron chi connectivity index (χ2n) is 7.99. The van der Waals surface area contributed by atoms with Crippen LogP contribution in [-0.2, 0) is 16.1 Å². The summed E-state index contributed by atoms with van der Waals surface area (Å²) in [4.78, 5) is 47.6. The summed E-state index contributed by atoms with van der Waals surface area (Å²) in [7, 11) is 0. The molecule has 0 saturated carbocycles. The van der Waals surface area contributed by atoms with E-state index < -0.39 is 11.9 Å². The quantitative estimate of drug-likeness (QED) is 0.315. The standard InChI is InChI=1S/C23H21BrN4O4S2/c1-12(2)9-32-22(31)19-13(3)26-23(34-19)27-17(29)8-28-11-25-20-18(21(28)30)16(10-33-20)14-4-6-15(24)7-5-14/h4-7,10-12H,8-9H2,1-3H3,(H,26,27,29). The Balaban J connectivity index is 1.53. The average molecular weight is 561 g/mol. The number of thiophene rings is 1. The fraction of sp³-hybridized carbons (Fsp3) is 0.261. The minimum atomic E-state index is -0.465. The predicted octanol–water partition coefficient (Wildman–Crippen LogP) is 5.10. The van der Waals surface area contributed by atoms with E-state index in [0.29, 0.717) is 27.4 Å². The summed E-state index contributed by atoms with van der Waals surface area (Å²) in [6.07, 6.45) is 1.37. The lowest BCUT2D eigenvalue weighted by atomic mass is 10.1. The first kappa shape index (κ1) is 24.2. The SMILES string of the molecule is Cc1nc(NC(=O)Cn2cnc3scc(-c4ccc(Br)cc4)c3c2=O)sc1C(=O)OCC(C)C. The average Bonchev–Trinajstić information content (AvgIpc) is 3.38. The van der Waals surface area contributed by atoms with E-state index in [-0.39, 0.29) is 23.2 Å². The van der Waals surface area contributed by atoms with E-state index >= 15 is 0 Å². The van der Waals surface area contributed by atoms with Gasteiger partial charge in [0.25, 0.3) is 5.56 Å². The lowest BCUT2D eigenvalue weighted by Crippen LogP contribution is -2.27. The van der Waals surface area contributed by atoms with Gasteiger partial charge < -0.3 is 10.1 Å². The number of hydrogen-bond acceptors (Lipinski definition) is 8. The van der Waals surface area contributed by atoms with Crippen molar-refractivity contribution in [3.63, 3.8) is 0 Å². The Hall–Kier alpha value is -2.89. The van der Waals surface area contributed by atoms with Gasteiger partial charge in [-0.05, 0) is 30.5 Å². The minimum absolute atomic E-state index is 0.216. The number of rotatable bonds is 7. The number of fused-ring (bicyclic) bond motifs is 1. The fourth-order valence-electron chi connectivity index (χ4n) is 3.18. The minimum Gasteiger partial charge on any atom is -0.461 e. The number of amides is 1. The molecule has 3 heterocycles. The van der Waals surface area contributed by atoms with Crippen molar-refractivity contribution < 1.29 is 14.3 Å². The predicted molar refractivity (Wildman–Crippen MR) is 138 cm³/mol. The van der Waals surface area contributed by atoms with Crippen molar-refractivity contribution in [3.05, 3.63) is 61.4 Å². The molecule has 0 aliphatic heterocycles. The van der Waals surface area contributed by atoms with Crippen molar-refractivity contribution >= 4 is 65.8 Å². The zero-order chi connectivity index (χ0) is 24.4. The maximum atomic E-state index is 13.2. The van der Waals surface area contributed by atoms with Crippen molar-refractivity contribution in [1.29, 1.82) is 0 Å². The van der Waals surface area contributed by atoms with Gasteiger partial charge in [0.2, 0.25) is 5.91 Å². The number of anilines is 1. The number of aryl methyl sites for hydroxylation is 1. The number of nitrogens with one attached hydrogen (secondary N) is 1. The molecule has 176 valence electrons. The Morgan fingerprint density at radius 3 is 2.68 bits per heavy atom. The van der Waals surface area contributed by atoms with Gasteiger partial charge in [0.15, 0.2) is 5.13 Å². The molecule has 1 N–H and O–H groups in total. The van der Waals surface area contributed by atoms with Crippen LogP contribution in [0.5, 0.6) is 0 Å². The molecule has 34 heavy (non-hydrogen) atoms. The van der Waals surface area contributed by atoms with Gasteiger partial charge in [0.05, 0.1) is 24.0 Å². The van der Waals surface area contributed by atoms with Crippen LogP contribution in [0.4, 0.5) is 5.13 Å². The Bertz CT molecular complexity index is 1420. The van der Waals surface area contributed by atoms with Crippen LogP contribution in [0.3, 0.4) is 0 Å². The summed E-state index contributed by atoms with van der Waals surface area (Å²) in [5, 5.41) is 5.30. The molecule has 0 unspecified atom stereocenters. The van der Waals surface area contributed by atoms with E-state index in [1.54, 1.807) is 6.92 Å². The van der Waals surface area contributed by atoms with Crippen LogP contribution in [0.15, 0.2) is 45.2 Å². The van der Waals surface area contributed by atoms with Gasteiger partial charge in [-0.3, -0.25) is 14.2 Å². The van der Waals surface area contributed by atoms with E-state index in [4.69, 9.17) is 4.74 Å². The number of thiazole rings is 1. The van der Waals surface area contributed by atoms with E-state index in [1.165, 1.54) is 22.2 Å². The van der Waals surface area contributed by atoms with E-state index in [0.717, 1.165) is 26.9 Å². The van der Waals surface area contributed by atoms with Crippen LogP contribution in [0, 0.1) is 12.8 Å². The maximum absolute atomic E-state index is 13.2. The molecule has 0 atom stereocenters. The first-order chi connectivity index (χ1) is 16.2. The summed E-state index contributed by atoms with van der Waals surface area (Å²) in [6, 6.07) is 7.65. The topological polar surface area (TPSA) is 103 Å². The van der Waals surface area contributed by atoms with Gasteiger partial charge in [0, 0.05) is 15.4 Å². The summed E-state index contributed by atoms with van der Waals surface area (Å²) in [5.74, 6) is -0.694. The second-order valence-corrected chi connectivity index (χ2v) is 10.8. The molecule has 0 aliphatic rings. The molecule has 0 bridgehead atoms. The Kier molecular flexibility index (Phi) is 7.24. The van der Waals surface area contributed by atoms with Crippen molar-refractivity contribution in [3.8, 4) is 11.1 Å². The molecule has 11 heteroatoms. The lowest BCUT2D eigenvalue weighted by Gasteiger charge is -2.06. The number of esters is 1. The van der Waals surface area contributed by atoms with Gasteiger partial charge >= 0.3 is 5.97 Å². The molecule has 1 aromatic carbocycles. The summed E-state index contributed by atoms with van der Waals surface area (Å²) < 4.78 is 7.46. The third-order valence-corrected chi connectivity index (χ3v) is 7.27. The molecule has 0 spiro atoms. The highest BCUT2D eigenvalue weighted by Gasteiger charge is 2.19. The number of carbonyl (C=O) groups excluding carboxylic acids is 2. The molecule has 4 rings (SSSR count). The number of aromatic nitrogens is 3. The summed E-state index contributed by atoms with van der Waals surface area (Å²) in [5.41, 5.74) is 1.85. The smallest absolute Gasteiger partial charge is 0.350 e. The number of benzene rings is 1. The normalized spacial score (nSPS) is 11.2. The fourth-order valence-corrected chi connectivity index (χ4v) is 5.23. The molecule has 8 nitrogen and oxygen atoms in total. The zero-order valence-corrected chi connectivity index (χ0v) is 21.8. The van der Waals surface area contributed by atoms with Gasteiger partial charge in [-0.2, -0.15) is 0 Å². The molecule has 0 saturated heterocycles. The van der Waals surface area contributed by atoms with Crippen molar-refractivity contribution in [2.45, 2.75) is 27.3 Å². The molecule has 0 fully saturated rings. The maximum Gasteiger partial charge on any atom is 0.350 e. The van der Waals surface area contributed by atoms with Gasteiger partial charge in [0.1, 0.15) is 16.3 Å². The molecule has 0 radical (unpaired) electrons. The Morgan fingerprint density at radius 2 is 1.97 bits per heavy atom. The first-order valence-corrected chi connectivity index (χ1v) is 12.9. The third kappa shape index (κ3) is 5.26. The van der Waals surface area contributed by atoms with Gasteiger partial charge in [-0.25, -0.2) is 14.8 Å². The van der Waals surface area contributed by atoms with Crippen LogP contribution < -0.4 is 10.9 Å². The summed E-state index contributed by atoms with van der Waals surface area (Å²) >= 11 is 5.84. The molecule has 0 aliphatic carbocycles. The van der Waals surface area contributed by atoms with Crippen LogP contribution in [-0.4, -0.2) is 33.0 Å². The van der Waals surface area contributed by atoms with E-state index in [9.17, 15) is 14.4 Å². The van der Waals surface area contributed by atoms with Crippen LogP contribution >= 0.6 is 38.6 Å². The zero-order valence-electron chi connectivity index (χ0n) is 18.6.